The molecule has 0 unspecified atom stereocenters. The van der Waals surface area contributed by atoms with E-state index in [0.29, 0.717) is 11.1 Å². The Hall–Kier alpha value is -2.14. The number of piperidine rings is 1. The van der Waals surface area contributed by atoms with Crippen LogP contribution in [0.1, 0.15) is 23.2 Å². The summed E-state index contributed by atoms with van der Waals surface area (Å²) >= 11 is 0. The summed E-state index contributed by atoms with van der Waals surface area (Å²) < 4.78 is 0. The third kappa shape index (κ3) is 2.69. The van der Waals surface area contributed by atoms with Crippen LogP contribution in [0.4, 0.5) is 0 Å². The topological polar surface area (TPSA) is 65.2 Å². The molecule has 1 aliphatic rings. The summed E-state index contributed by atoms with van der Waals surface area (Å²) in [6.45, 7) is 1.86. The van der Waals surface area contributed by atoms with Gasteiger partial charge in [0.25, 0.3) is 5.91 Å². The molecule has 0 radical (unpaired) electrons. The number of rotatable bonds is 2. The van der Waals surface area contributed by atoms with Crippen molar-refractivity contribution >= 4 is 16.8 Å². The number of carbonyl (C=O) groups is 1. The normalized spacial score (nSPS) is 16.0. The first-order chi connectivity index (χ1) is 10.2. The van der Waals surface area contributed by atoms with Gasteiger partial charge in [0.05, 0.1) is 5.56 Å². The minimum absolute atomic E-state index is 0.0794. The first-order valence-corrected chi connectivity index (χ1v) is 7.27. The van der Waals surface area contributed by atoms with E-state index in [0.717, 1.165) is 31.3 Å². The molecule has 110 valence electrons. The molecule has 5 nitrogen and oxygen atoms in total. The zero-order valence-electron chi connectivity index (χ0n) is 12.1. The maximum atomic E-state index is 12.8. The third-order valence-electron chi connectivity index (χ3n) is 4.16. The van der Waals surface area contributed by atoms with Gasteiger partial charge in [-0.1, -0.05) is 18.2 Å². The SMILES string of the molecule is CN(C(=O)c1cc(=O)[nH]c2ccccc12)C1CCNCC1. The molecule has 2 N–H and O–H groups in total. The van der Waals surface area contributed by atoms with E-state index in [4.69, 9.17) is 0 Å². The number of para-hydroxylation sites is 1. The van der Waals surface area contributed by atoms with Crippen LogP contribution in [0, 0.1) is 0 Å². The van der Waals surface area contributed by atoms with Crippen molar-refractivity contribution in [3.8, 4) is 0 Å². The minimum Gasteiger partial charge on any atom is -0.339 e. The first kappa shape index (κ1) is 13.8. The molecule has 1 saturated heterocycles. The molecule has 0 spiro atoms. The second-order valence-corrected chi connectivity index (χ2v) is 5.49. The summed E-state index contributed by atoms with van der Waals surface area (Å²) in [6, 6.07) is 9.05. The van der Waals surface area contributed by atoms with Gasteiger partial charge in [0.2, 0.25) is 5.56 Å². The Balaban J connectivity index is 1.99. The van der Waals surface area contributed by atoms with Gasteiger partial charge in [0.1, 0.15) is 0 Å². The van der Waals surface area contributed by atoms with E-state index in [1.807, 2.05) is 31.3 Å². The summed E-state index contributed by atoms with van der Waals surface area (Å²) in [7, 11) is 1.83. The fraction of sp³-hybridized carbons (Fsp3) is 0.375. The van der Waals surface area contributed by atoms with Crippen LogP contribution in [0.25, 0.3) is 10.9 Å². The summed E-state index contributed by atoms with van der Waals surface area (Å²) in [5.74, 6) is -0.0794. The largest absolute Gasteiger partial charge is 0.339 e. The van der Waals surface area contributed by atoms with Crippen LogP contribution in [-0.4, -0.2) is 42.0 Å². The maximum absolute atomic E-state index is 12.8. The summed E-state index contributed by atoms with van der Waals surface area (Å²) in [5.41, 5.74) is 0.943. The van der Waals surface area contributed by atoms with Gasteiger partial charge >= 0.3 is 0 Å². The Bertz CT molecular complexity index is 717. The van der Waals surface area contributed by atoms with E-state index in [-0.39, 0.29) is 17.5 Å². The number of hydrogen-bond acceptors (Lipinski definition) is 3. The lowest BCUT2D eigenvalue weighted by molar-refractivity contribution is 0.0705. The lowest BCUT2D eigenvalue weighted by Gasteiger charge is -2.31. The van der Waals surface area contributed by atoms with Gasteiger partial charge in [-0.3, -0.25) is 9.59 Å². The third-order valence-corrected chi connectivity index (χ3v) is 4.16. The van der Waals surface area contributed by atoms with Crippen LogP contribution in [-0.2, 0) is 0 Å². The second-order valence-electron chi connectivity index (χ2n) is 5.49. The molecule has 0 atom stereocenters. The molecule has 1 aromatic carbocycles. The standard InChI is InChI=1S/C16H19N3O2/c1-19(11-6-8-17-9-7-11)16(21)13-10-15(20)18-14-5-3-2-4-12(13)14/h2-5,10-11,17H,6-9H2,1H3,(H,18,20). The number of nitrogens with zero attached hydrogens (tertiary/aromatic N) is 1. The Labute approximate surface area is 123 Å². The summed E-state index contributed by atoms with van der Waals surface area (Å²) in [6.07, 6.45) is 1.90. The van der Waals surface area contributed by atoms with E-state index in [1.54, 1.807) is 4.90 Å². The number of hydrogen-bond donors (Lipinski definition) is 2. The number of aromatic amines is 1. The fourth-order valence-corrected chi connectivity index (χ4v) is 2.93. The Morgan fingerprint density at radius 3 is 2.71 bits per heavy atom. The van der Waals surface area contributed by atoms with Gasteiger partial charge < -0.3 is 15.2 Å². The van der Waals surface area contributed by atoms with Crippen LogP contribution >= 0.6 is 0 Å². The Morgan fingerprint density at radius 2 is 1.95 bits per heavy atom. The molecule has 0 saturated carbocycles. The van der Waals surface area contributed by atoms with Crippen molar-refractivity contribution in [3.63, 3.8) is 0 Å². The highest BCUT2D eigenvalue weighted by molar-refractivity contribution is 6.05. The Morgan fingerprint density at radius 1 is 1.24 bits per heavy atom. The van der Waals surface area contributed by atoms with E-state index in [9.17, 15) is 9.59 Å². The molecular formula is C16H19N3O2. The maximum Gasteiger partial charge on any atom is 0.254 e. The highest BCUT2D eigenvalue weighted by Crippen LogP contribution is 2.19. The van der Waals surface area contributed by atoms with Crippen molar-refractivity contribution < 1.29 is 4.79 Å². The van der Waals surface area contributed by atoms with Crippen LogP contribution in [0.2, 0.25) is 0 Å². The number of fused-ring (bicyclic) bond motifs is 1. The Kier molecular flexibility index (Phi) is 3.75. The van der Waals surface area contributed by atoms with E-state index < -0.39 is 0 Å². The lowest BCUT2D eigenvalue weighted by Crippen LogP contribution is -2.44. The van der Waals surface area contributed by atoms with Crippen molar-refractivity contribution in [2.24, 2.45) is 0 Å². The van der Waals surface area contributed by atoms with Crippen LogP contribution in [0.5, 0.6) is 0 Å². The lowest BCUT2D eigenvalue weighted by atomic mass is 10.0. The van der Waals surface area contributed by atoms with Crippen LogP contribution in [0.15, 0.2) is 35.1 Å². The number of carbonyl (C=O) groups excluding carboxylic acids is 1. The molecule has 5 heteroatoms. The molecule has 0 bridgehead atoms. The number of nitrogens with one attached hydrogen (secondary N) is 2. The second kappa shape index (κ2) is 5.69. The predicted octanol–water partition coefficient (Wildman–Crippen LogP) is 1.35. The van der Waals surface area contributed by atoms with Crippen molar-refractivity contribution in [2.75, 3.05) is 20.1 Å². The van der Waals surface area contributed by atoms with Crippen LogP contribution in [0.3, 0.4) is 0 Å². The number of H-pyrrole nitrogens is 1. The van der Waals surface area contributed by atoms with Crippen molar-refractivity contribution in [2.45, 2.75) is 18.9 Å². The molecular weight excluding hydrogens is 266 g/mol. The molecule has 2 aromatic rings. The molecule has 1 aliphatic heterocycles. The zero-order valence-corrected chi connectivity index (χ0v) is 12.1. The van der Waals surface area contributed by atoms with E-state index in [2.05, 4.69) is 10.3 Å². The quantitative estimate of drug-likeness (QED) is 0.875. The van der Waals surface area contributed by atoms with E-state index >= 15 is 0 Å². The predicted molar refractivity (Wildman–Crippen MR) is 82.6 cm³/mol. The van der Waals surface area contributed by atoms with Crippen molar-refractivity contribution in [1.29, 1.82) is 0 Å². The monoisotopic (exact) mass is 285 g/mol. The average molecular weight is 285 g/mol. The molecule has 21 heavy (non-hydrogen) atoms. The van der Waals surface area contributed by atoms with E-state index in [1.165, 1.54) is 6.07 Å². The molecule has 1 aromatic heterocycles. The van der Waals surface area contributed by atoms with Gasteiger partial charge in [-0.25, -0.2) is 0 Å². The van der Waals surface area contributed by atoms with Crippen molar-refractivity contribution in [3.05, 3.63) is 46.2 Å². The summed E-state index contributed by atoms with van der Waals surface area (Å²) in [4.78, 5) is 29.1. The number of benzene rings is 1. The first-order valence-electron chi connectivity index (χ1n) is 7.27. The fourth-order valence-electron chi connectivity index (χ4n) is 2.93. The molecule has 1 fully saturated rings. The number of aromatic nitrogens is 1. The highest BCUT2D eigenvalue weighted by atomic mass is 16.2. The van der Waals surface area contributed by atoms with Crippen LogP contribution < -0.4 is 10.9 Å². The molecule has 3 rings (SSSR count). The van der Waals surface area contributed by atoms with Gasteiger partial charge in [0.15, 0.2) is 0 Å². The van der Waals surface area contributed by atoms with Gasteiger partial charge in [-0.05, 0) is 32.0 Å². The minimum atomic E-state index is -0.240. The molecule has 2 heterocycles. The molecule has 0 aliphatic carbocycles. The van der Waals surface area contributed by atoms with Gasteiger partial charge in [-0.15, -0.1) is 0 Å². The molecule has 1 amide bonds. The van der Waals surface area contributed by atoms with Crippen molar-refractivity contribution in [1.82, 2.24) is 15.2 Å². The van der Waals surface area contributed by atoms with Gasteiger partial charge in [0, 0.05) is 30.1 Å². The smallest absolute Gasteiger partial charge is 0.254 e. The average Bonchev–Trinajstić information content (AvgIpc) is 2.53. The zero-order chi connectivity index (χ0) is 14.8. The number of pyridine rings is 1. The van der Waals surface area contributed by atoms with Gasteiger partial charge in [-0.2, -0.15) is 0 Å². The highest BCUT2D eigenvalue weighted by Gasteiger charge is 2.24. The summed E-state index contributed by atoms with van der Waals surface area (Å²) in [5, 5.41) is 4.09. The number of amides is 1.